The Labute approximate surface area is 102 Å². The molecule has 7 nitrogen and oxygen atoms in total. The molecule has 0 heterocycles. The molecular formula is C8H9ClN2O5S. The highest BCUT2D eigenvalue weighted by Crippen LogP contribution is 2.27. The minimum atomic E-state index is -3.71. The fourth-order valence-electron chi connectivity index (χ4n) is 1.07. The zero-order chi connectivity index (χ0) is 13.1. The monoisotopic (exact) mass is 280 g/mol. The van der Waals surface area contributed by atoms with E-state index in [1.165, 1.54) is 12.1 Å². The summed E-state index contributed by atoms with van der Waals surface area (Å²) in [5.74, 6) is -0.483. The third-order valence-corrected chi connectivity index (χ3v) is 3.36. The van der Waals surface area contributed by atoms with Gasteiger partial charge in [-0.3, -0.25) is 14.8 Å². The second kappa shape index (κ2) is 5.30. The molecule has 0 amide bonds. The summed E-state index contributed by atoms with van der Waals surface area (Å²) in [4.78, 5) is 9.85. The van der Waals surface area contributed by atoms with Gasteiger partial charge in [0.1, 0.15) is 5.02 Å². The van der Waals surface area contributed by atoms with E-state index in [0.717, 1.165) is 6.07 Å². The minimum Gasteiger partial charge on any atom is -0.395 e. The third kappa shape index (κ3) is 3.84. The van der Waals surface area contributed by atoms with Crippen LogP contribution in [0.5, 0.6) is 0 Å². The Bertz CT molecular complexity index is 531. The second-order valence-electron chi connectivity index (χ2n) is 3.07. The van der Waals surface area contributed by atoms with Gasteiger partial charge in [0.25, 0.3) is 5.69 Å². The summed E-state index contributed by atoms with van der Waals surface area (Å²) in [7, 11) is -3.71. The van der Waals surface area contributed by atoms with E-state index < -0.39 is 33.0 Å². The van der Waals surface area contributed by atoms with E-state index in [-0.39, 0.29) is 10.7 Å². The van der Waals surface area contributed by atoms with E-state index in [1.807, 2.05) is 0 Å². The standard InChI is InChI=1S/C8H9ClN2O5S/c9-7-2-1-6(5-8(7)11(13)14)10-17(15,16)4-3-12/h1-2,5,10,12H,3-4H2. The van der Waals surface area contributed by atoms with Crippen molar-refractivity contribution >= 4 is 33.0 Å². The molecule has 0 saturated carbocycles. The van der Waals surface area contributed by atoms with Crippen molar-refractivity contribution in [3.05, 3.63) is 33.3 Å². The van der Waals surface area contributed by atoms with Crippen LogP contribution >= 0.6 is 11.6 Å². The molecule has 9 heteroatoms. The molecule has 1 aromatic rings. The summed E-state index contributed by atoms with van der Waals surface area (Å²) in [6.45, 7) is -0.537. The Balaban J connectivity index is 3.02. The molecule has 0 aliphatic carbocycles. The smallest absolute Gasteiger partial charge is 0.289 e. The highest BCUT2D eigenvalue weighted by atomic mass is 35.5. The van der Waals surface area contributed by atoms with E-state index >= 15 is 0 Å². The van der Waals surface area contributed by atoms with Gasteiger partial charge in [-0.25, -0.2) is 8.42 Å². The van der Waals surface area contributed by atoms with Gasteiger partial charge in [-0.15, -0.1) is 0 Å². The Hall–Kier alpha value is -1.38. The number of rotatable bonds is 5. The average molecular weight is 281 g/mol. The van der Waals surface area contributed by atoms with E-state index in [0.29, 0.717) is 0 Å². The molecular weight excluding hydrogens is 272 g/mol. The van der Waals surface area contributed by atoms with Gasteiger partial charge < -0.3 is 5.11 Å². The molecule has 0 bridgehead atoms. The SMILES string of the molecule is O=[N+]([O-])c1cc(NS(=O)(=O)CCO)ccc1Cl. The maximum absolute atomic E-state index is 11.3. The molecule has 1 aromatic carbocycles. The number of nitrogens with one attached hydrogen (secondary N) is 1. The Kier molecular flexibility index (Phi) is 4.27. The normalized spacial score (nSPS) is 11.2. The van der Waals surface area contributed by atoms with Gasteiger partial charge >= 0.3 is 0 Å². The van der Waals surface area contributed by atoms with Gasteiger partial charge in [-0.1, -0.05) is 11.6 Å². The molecule has 0 aliphatic rings. The summed E-state index contributed by atoms with van der Waals surface area (Å²) in [6.07, 6.45) is 0. The first-order valence-corrected chi connectivity index (χ1v) is 6.44. The van der Waals surface area contributed by atoms with Crippen LogP contribution in [0.3, 0.4) is 0 Å². The highest BCUT2D eigenvalue weighted by molar-refractivity contribution is 7.92. The summed E-state index contributed by atoms with van der Waals surface area (Å²) >= 11 is 5.56. The van der Waals surface area contributed by atoms with Crippen LogP contribution < -0.4 is 4.72 Å². The maximum atomic E-state index is 11.3. The van der Waals surface area contributed by atoms with Gasteiger partial charge in [0, 0.05) is 6.07 Å². The van der Waals surface area contributed by atoms with Crippen molar-refractivity contribution in [3.63, 3.8) is 0 Å². The Morgan fingerprint density at radius 1 is 1.47 bits per heavy atom. The first-order chi connectivity index (χ1) is 7.85. The number of benzene rings is 1. The van der Waals surface area contributed by atoms with Crippen LogP contribution in [0.2, 0.25) is 5.02 Å². The van der Waals surface area contributed by atoms with Crippen molar-refractivity contribution in [1.29, 1.82) is 0 Å². The number of halogens is 1. The van der Waals surface area contributed by atoms with Crippen molar-refractivity contribution < 1.29 is 18.4 Å². The number of hydrogen-bond donors (Lipinski definition) is 2. The van der Waals surface area contributed by atoms with E-state index in [2.05, 4.69) is 4.72 Å². The van der Waals surface area contributed by atoms with E-state index in [4.69, 9.17) is 16.7 Å². The molecule has 0 radical (unpaired) electrons. The van der Waals surface area contributed by atoms with Crippen LogP contribution in [0.15, 0.2) is 18.2 Å². The summed E-state index contributed by atoms with van der Waals surface area (Å²) < 4.78 is 24.7. The number of aliphatic hydroxyl groups excluding tert-OH is 1. The number of hydrogen-bond acceptors (Lipinski definition) is 5. The first-order valence-electron chi connectivity index (χ1n) is 4.41. The molecule has 0 unspecified atom stereocenters. The predicted molar refractivity (Wildman–Crippen MR) is 62.6 cm³/mol. The number of nitro groups is 1. The zero-order valence-corrected chi connectivity index (χ0v) is 10.0. The van der Waals surface area contributed by atoms with Crippen molar-refractivity contribution in [1.82, 2.24) is 0 Å². The number of nitrogens with zero attached hydrogens (tertiary/aromatic N) is 1. The molecule has 0 aromatic heterocycles. The maximum Gasteiger partial charge on any atom is 0.289 e. The van der Waals surface area contributed by atoms with Gasteiger partial charge in [-0.05, 0) is 12.1 Å². The van der Waals surface area contributed by atoms with Gasteiger partial charge in [0.15, 0.2) is 0 Å². The van der Waals surface area contributed by atoms with E-state index in [9.17, 15) is 18.5 Å². The first kappa shape index (κ1) is 13.7. The summed E-state index contributed by atoms with van der Waals surface area (Å²) in [5, 5.41) is 19.0. The van der Waals surface area contributed by atoms with Crippen LogP contribution in [0, 0.1) is 10.1 Å². The molecule has 0 aliphatic heterocycles. The average Bonchev–Trinajstić information content (AvgIpc) is 2.20. The topological polar surface area (TPSA) is 110 Å². The lowest BCUT2D eigenvalue weighted by molar-refractivity contribution is -0.384. The van der Waals surface area contributed by atoms with Gasteiger partial charge in [0.05, 0.1) is 23.0 Å². The third-order valence-electron chi connectivity index (χ3n) is 1.78. The summed E-state index contributed by atoms with van der Waals surface area (Å²) in [5.41, 5.74) is -0.370. The molecule has 0 spiro atoms. The van der Waals surface area contributed by atoms with Crippen molar-refractivity contribution in [3.8, 4) is 0 Å². The predicted octanol–water partition coefficient (Wildman–Crippen LogP) is 0.982. The molecule has 94 valence electrons. The number of sulfonamides is 1. The molecule has 2 N–H and O–H groups in total. The lowest BCUT2D eigenvalue weighted by Crippen LogP contribution is -2.18. The molecule has 0 saturated heterocycles. The van der Waals surface area contributed by atoms with Crippen molar-refractivity contribution in [2.24, 2.45) is 0 Å². The summed E-state index contributed by atoms with van der Waals surface area (Å²) in [6, 6.07) is 3.53. The van der Waals surface area contributed by atoms with Crippen molar-refractivity contribution in [2.45, 2.75) is 0 Å². The van der Waals surface area contributed by atoms with Crippen LogP contribution in [0.25, 0.3) is 0 Å². The van der Waals surface area contributed by atoms with Crippen molar-refractivity contribution in [2.75, 3.05) is 17.1 Å². The molecule has 0 fully saturated rings. The zero-order valence-electron chi connectivity index (χ0n) is 8.46. The highest BCUT2D eigenvalue weighted by Gasteiger charge is 2.15. The fourth-order valence-corrected chi connectivity index (χ4v) is 2.08. The van der Waals surface area contributed by atoms with Crippen LogP contribution in [-0.4, -0.2) is 30.8 Å². The van der Waals surface area contributed by atoms with Gasteiger partial charge in [0.2, 0.25) is 10.0 Å². The molecule has 1 rings (SSSR count). The molecule has 0 atom stereocenters. The quantitative estimate of drug-likeness (QED) is 0.617. The fraction of sp³-hybridized carbons (Fsp3) is 0.250. The second-order valence-corrected chi connectivity index (χ2v) is 5.32. The lowest BCUT2D eigenvalue weighted by atomic mass is 10.3. The van der Waals surface area contributed by atoms with E-state index in [1.54, 1.807) is 0 Å². The van der Waals surface area contributed by atoms with Crippen LogP contribution in [0.4, 0.5) is 11.4 Å². The Morgan fingerprint density at radius 2 is 2.12 bits per heavy atom. The Morgan fingerprint density at radius 3 is 2.65 bits per heavy atom. The number of anilines is 1. The minimum absolute atomic E-state index is 0.0227. The number of aliphatic hydroxyl groups is 1. The van der Waals surface area contributed by atoms with Crippen LogP contribution in [-0.2, 0) is 10.0 Å². The largest absolute Gasteiger partial charge is 0.395 e. The van der Waals surface area contributed by atoms with Gasteiger partial charge in [-0.2, -0.15) is 0 Å². The molecule has 17 heavy (non-hydrogen) atoms. The van der Waals surface area contributed by atoms with Crippen LogP contribution in [0.1, 0.15) is 0 Å². The number of nitro benzene ring substituents is 1. The lowest BCUT2D eigenvalue weighted by Gasteiger charge is -2.06.